The Hall–Kier alpha value is -1.96. The summed E-state index contributed by atoms with van der Waals surface area (Å²) in [6.45, 7) is 1.39. The highest BCUT2D eigenvalue weighted by Crippen LogP contribution is 2.42. The molecule has 1 amide bonds. The first-order valence-corrected chi connectivity index (χ1v) is 8.47. The lowest BCUT2D eigenvalue weighted by molar-refractivity contribution is 0.0714. The van der Waals surface area contributed by atoms with E-state index >= 15 is 0 Å². The van der Waals surface area contributed by atoms with Gasteiger partial charge in [-0.25, -0.2) is 14.9 Å². The zero-order chi connectivity index (χ0) is 15.1. The molecule has 1 aliphatic carbocycles. The highest BCUT2D eigenvalue weighted by atomic mass is 32.1. The van der Waals surface area contributed by atoms with Gasteiger partial charge in [-0.2, -0.15) is 5.10 Å². The first-order valence-electron chi connectivity index (χ1n) is 7.59. The standard InChI is InChI=1S/C14H17N5O2S/c20-13(11-10(8-1-2-8)15-7-22-11)19-5-3-9(4-6-19)12-16-14(21)18-17-12/h7-9H,1-6H2,(H2,16,17,18,21). The van der Waals surface area contributed by atoms with Crippen molar-refractivity contribution >= 4 is 17.2 Å². The van der Waals surface area contributed by atoms with Crippen LogP contribution in [0.1, 0.15) is 58.7 Å². The average molecular weight is 319 g/mol. The summed E-state index contributed by atoms with van der Waals surface area (Å²) in [5, 5.41) is 6.40. The van der Waals surface area contributed by atoms with Gasteiger partial charge in [-0.05, 0) is 25.7 Å². The van der Waals surface area contributed by atoms with Gasteiger partial charge in [-0.15, -0.1) is 11.3 Å². The Balaban J connectivity index is 1.43. The van der Waals surface area contributed by atoms with Gasteiger partial charge in [0, 0.05) is 24.9 Å². The number of aromatic amines is 2. The molecule has 2 aliphatic rings. The molecule has 4 rings (SSSR count). The minimum absolute atomic E-state index is 0.110. The summed E-state index contributed by atoms with van der Waals surface area (Å²) in [7, 11) is 0. The highest BCUT2D eigenvalue weighted by Gasteiger charge is 2.33. The van der Waals surface area contributed by atoms with Crippen molar-refractivity contribution in [3.8, 4) is 0 Å². The van der Waals surface area contributed by atoms with Crippen LogP contribution in [0.2, 0.25) is 0 Å². The van der Waals surface area contributed by atoms with Crippen LogP contribution in [-0.2, 0) is 0 Å². The van der Waals surface area contributed by atoms with Gasteiger partial charge >= 0.3 is 5.69 Å². The third kappa shape index (κ3) is 2.47. The molecule has 1 saturated heterocycles. The summed E-state index contributed by atoms with van der Waals surface area (Å²) < 4.78 is 0. The number of piperidine rings is 1. The van der Waals surface area contributed by atoms with Crippen LogP contribution in [0.3, 0.4) is 0 Å². The number of rotatable bonds is 3. The van der Waals surface area contributed by atoms with Crippen molar-refractivity contribution < 1.29 is 4.79 Å². The summed E-state index contributed by atoms with van der Waals surface area (Å²) >= 11 is 1.45. The maximum atomic E-state index is 12.7. The van der Waals surface area contributed by atoms with E-state index in [-0.39, 0.29) is 17.5 Å². The van der Waals surface area contributed by atoms with Gasteiger partial charge in [0.05, 0.1) is 11.2 Å². The second-order valence-corrected chi connectivity index (χ2v) is 6.83. The van der Waals surface area contributed by atoms with E-state index in [1.54, 1.807) is 5.51 Å². The number of carbonyl (C=O) groups excluding carboxylic acids is 1. The molecule has 0 spiro atoms. The number of amides is 1. The number of carbonyl (C=O) groups is 1. The van der Waals surface area contributed by atoms with Crippen LogP contribution in [-0.4, -0.2) is 44.1 Å². The molecule has 7 nitrogen and oxygen atoms in total. The zero-order valence-electron chi connectivity index (χ0n) is 12.0. The van der Waals surface area contributed by atoms with Crippen LogP contribution in [0.15, 0.2) is 10.3 Å². The van der Waals surface area contributed by atoms with Gasteiger partial charge in [0.25, 0.3) is 5.91 Å². The number of H-pyrrole nitrogens is 2. The number of nitrogens with one attached hydrogen (secondary N) is 2. The van der Waals surface area contributed by atoms with Crippen LogP contribution < -0.4 is 5.69 Å². The second-order valence-electron chi connectivity index (χ2n) is 5.97. The Labute approximate surface area is 130 Å². The SMILES string of the molecule is O=C(c1scnc1C1CC1)N1CCC(c2n[nH]c(=O)[nH]2)CC1. The number of thiazole rings is 1. The van der Waals surface area contributed by atoms with Crippen LogP contribution >= 0.6 is 11.3 Å². The van der Waals surface area contributed by atoms with E-state index in [9.17, 15) is 9.59 Å². The molecule has 0 bridgehead atoms. The Bertz CT molecular complexity index is 736. The molecule has 3 heterocycles. The van der Waals surface area contributed by atoms with Gasteiger partial charge in [-0.3, -0.25) is 9.78 Å². The predicted octanol–water partition coefficient (Wildman–Crippen LogP) is 1.45. The predicted molar refractivity (Wildman–Crippen MR) is 81.2 cm³/mol. The molecule has 8 heteroatoms. The lowest BCUT2D eigenvalue weighted by Gasteiger charge is -2.30. The van der Waals surface area contributed by atoms with Crippen molar-refractivity contribution in [2.75, 3.05) is 13.1 Å². The largest absolute Gasteiger partial charge is 0.340 e. The third-order valence-corrected chi connectivity index (χ3v) is 5.27. The minimum Gasteiger partial charge on any atom is -0.338 e. The molecule has 2 fully saturated rings. The van der Waals surface area contributed by atoms with E-state index < -0.39 is 0 Å². The van der Waals surface area contributed by atoms with Crippen molar-refractivity contribution in [3.05, 3.63) is 32.4 Å². The third-order valence-electron chi connectivity index (χ3n) is 4.44. The lowest BCUT2D eigenvalue weighted by atomic mass is 9.96. The van der Waals surface area contributed by atoms with E-state index in [4.69, 9.17) is 0 Å². The monoisotopic (exact) mass is 319 g/mol. The van der Waals surface area contributed by atoms with Crippen molar-refractivity contribution in [1.29, 1.82) is 0 Å². The van der Waals surface area contributed by atoms with Crippen molar-refractivity contribution in [2.45, 2.75) is 37.5 Å². The van der Waals surface area contributed by atoms with E-state index in [0.717, 1.165) is 36.3 Å². The summed E-state index contributed by atoms with van der Waals surface area (Å²) in [5.41, 5.74) is 2.50. The Kier molecular flexibility index (Phi) is 3.33. The summed E-state index contributed by atoms with van der Waals surface area (Å²) in [6, 6.07) is 0. The van der Waals surface area contributed by atoms with Crippen molar-refractivity contribution in [2.24, 2.45) is 0 Å². The van der Waals surface area contributed by atoms with Gasteiger partial charge in [0.1, 0.15) is 10.7 Å². The number of hydrogen-bond acceptors (Lipinski definition) is 5. The molecule has 22 heavy (non-hydrogen) atoms. The fourth-order valence-corrected chi connectivity index (χ4v) is 3.88. The molecule has 1 aliphatic heterocycles. The maximum Gasteiger partial charge on any atom is 0.340 e. The Morgan fingerprint density at radius 1 is 1.23 bits per heavy atom. The summed E-state index contributed by atoms with van der Waals surface area (Å²) in [5.74, 6) is 1.52. The van der Waals surface area contributed by atoms with E-state index in [1.807, 2.05) is 4.90 Å². The summed E-state index contributed by atoms with van der Waals surface area (Å²) in [4.78, 5) is 33.6. The van der Waals surface area contributed by atoms with Gasteiger partial charge in [0.2, 0.25) is 0 Å². The molecular formula is C14H17N5O2S. The topological polar surface area (TPSA) is 94.7 Å². The first kappa shape index (κ1) is 13.7. The van der Waals surface area contributed by atoms with Crippen LogP contribution in [0.5, 0.6) is 0 Å². The van der Waals surface area contributed by atoms with Crippen LogP contribution in [0.4, 0.5) is 0 Å². The average Bonchev–Trinajstić information content (AvgIpc) is 3.10. The maximum absolute atomic E-state index is 12.7. The number of nitrogens with zero attached hydrogens (tertiary/aromatic N) is 3. The van der Waals surface area contributed by atoms with Gasteiger partial charge in [0.15, 0.2) is 0 Å². The van der Waals surface area contributed by atoms with Crippen molar-refractivity contribution in [3.63, 3.8) is 0 Å². The molecule has 116 valence electrons. The summed E-state index contributed by atoms with van der Waals surface area (Å²) in [6.07, 6.45) is 3.95. The number of aromatic nitrogens is 4. The minimum atomic E-state index is -0.271. The smallest absolute Gasteiger partial charge is 0.338 e. The normalized spacial score (nSPS) is 19.5. The molecule has 2 aromatic heterocycles. The number of hydrogen-bond donors (Lipinski definition) is 2. The zero-order valence-corrected chi connectivity index (χ0v) is 12.9. The van der Waals surface area contributed by atoms with Crippen LogP contribution in [0, 0.1) is 0 Å². The molecular weight excluding hydrogens is 302 g/mol. The molecule has 2 N–H and O–H groups in total. The highest BCUT2D eigenvalue weighted by molar-refractivity contribution is 7.11. The van der Waals surface area contributed by atoms with E-state index in [0.29, 0.717) is 24.8 Å². The first-order chi connectivity index (χ1) is 10.7. The molecule has 2 aromatic rings. The van der Waals surface area contributed by atoms with Gasteiger partial charge < -0.3 is 4.90 Å². The lowest BCUT2D eigenvalue weighted by Crippen LogP contribution is -2.38. The van der Waals surface area contributed by atoms with Crippen molar-refractivity contribution in [1.82, 2.24) is 25.1 Å². The molecule has 0 atom stereocenters. The van der Waals surface area contributed by atoms with E-state index in [2.05, 4.69) is 20.2 Å². The molecule has 0 aromatic carbocycles. The van der Waals surface area contributed by atoms with Gasteiger partial charge in [-0.1, -0.05) is 0 Å². The Morgan fingerprint density at radius 2 is 2.00 bits per heavy atom. The molecule has 0 unspecified atom stereocenters. The Morgan fingerprint density at radius 3 is 2.64 bits per heavy atom. The fourth-order valence-electron chi connectivity index (χ4n) is 3.04. The fraction of sp³-hybridized carbons (Fsp3) is 0.571. The number of likely N-dealkylation sites (tertiary alicyclic amines) is 1. The molecule has 0 radical (unpaired) electrons. The van der Waals surface area contributed by atoms with E-state index in [1.165, 1.54) is 11.3 Å². The van der Waals surface area contributed by atoms with Crippen LogP contribution in [0.25, 0.3) is 0 Å². The second kappa shape index (κ2) is 5.35. The molecule has 1 saturated carbocycles. The quantitative estimate of drug-likeness (QED) is 0.895.